The standard InChI is InChI=1S/C21H25N3O3/c1-16(25)24-11-8-19(9-12-24)21(26)23-14-18-7-10-22-20(13-18)27-15-17-5-3-2-4-6-17/h2-7,10,13,19H,8-9,11-12,14-15H2,1H3,(H,23,26). The van der Waals surface area contributed by atoms with E-state index in [4.69, 9.17) is 4.74 Å². The van der Waals surface area contributed by atoms with Crippen LogP contribution in [-0.4, -0.2) is 34.8 Å². The van der Waals surface area contributed by atoms with Crippen molar-refractivity contribution in [1.29, 1.82) is 0 Å². The highest BCUT2D eigenvalue weighted by Crippen LogP contribution is 2.18. The van der Waals surface area contributed by atoms with E-state index in [1.165, 1.54) is 0 Å². The second-order valence-electron chi connectivity index (χ2n) is 6.77. The molecule has 1 aliphatic heterocycles. The van der Waals surface area contributed by atoms with Gasteiger partial charge in [-0.2, -0.15) is 0 Å². The van der Waals surface area contributed by atoms with Crippen LogP contribution >= 0.6 is 0 Å². The molecular weight excluding hydrogens is 342 g/mol. The van der Waals surface area contributed by atoms with Crippen LogP contribution in [0.25, 0.3) is 0 Å². The van der Waals surface area contributed by atoms with Crippen molar-refractivity contribution in [2.45, 2.75) is 32.9 Å². The Hall–Kier alpha value is -2.89. The average Bonchev–Trinajstić information content (AvgIpc) is 2.71. The number of nitrogens with one attached hydrogen (secondary N) is 1. The van der Waals surface area contributed by atoms with Crippen LogP contribution in [0.1, 0.15) is 30.9 Å². The number of likely N-dealkylation sites (tertiary alicyclic amines) is 1. The molecule has 1 saturated heterocycles. The van der Waals surface area contributed by atoms with E-state index in [0.29, 0.717) is 45.0 Å². The van der Waals surface area contributed by atoms with Crippen molar-refractivity contribution in [1.82, 2.24) is 15.2 Å². The van der Waals surface area contributed by atoms with Crippen molar-refractivity contribution in [3.63, 3.8) is 0 Å². The van der Waals surface area contributed by atoms with E-state index in [0.717, 1.165) is 11.1 Å². The van der Waals surface area contributed by atoms with Crippen molar-refractivity contribution in [2.75, 3.05) is 13.1 Å². The van der Waals surface area contributed by atoms with E-state index in [1.807, 2.05) is 42.5 Å². The number of hydrogen-bond donors (Lipinski definition) is 1. The number of benzene rings is 1. The smallest absolute Gasteiger partial charge is 0.223 e. The Bertz CT molecular complexity index is 771. The summed E-state index contributed by atoms with van der Waals surface area (Å²) in [6.07, 6.45) is 3.12. The van der Waals surface area contributed by atoms with Crippen LogP contribution in [0.4, 0.5) is 0 Å². The molecule has 0 atom stereocenters. The zero-order valence-electron chi connectivity index (χ0n) is 15.6. The molecular formula is C21H25N3O3. The summed E-state index contributed by atoms with van der Waals surface area (Å²) in [5.41, 5.74) is 2.03. The maximum Gasteiger partial charge on any atom is 0.223 e. The van der Waals surface area contributed by atoms with Crippen molar-refractivity contribution < 1.29 is 14.3 Å². The van der Waals surface area contributed by atoms with E-state index in [1.54, 1.807) is 18.0 Å². The fraction of sp³-hybridized carbons (Fsp3) is 0.381. The zero-order chi connectivity index (χ0) is 19.1. The van der Waals surface area contributed by atoms with Gasteiger partial charge in [0, 0.05) is 44.7 Å². The first-order chi connectivity index (χ1) is 13.1. The maximum absolute atomic E-state index is 12.4. The van der Waals surface area contributed by atoms with Crippen LogP contribution in [0.2, 0.25) is 0 Å². The molecule has 1 aliphatic rings. The number of ether oxygens (including phenoxy) is 1. The molecule has 0 saturated carbocycles. The van der Waals surface area contributed by atoms with Gasteiger partial charge in [0.25, 0.3) is 0 Å². The predicted octanol–water partition coefficient (Wildman–Crippen LogP) is 2.54. The number of nitrogens with zero attached hydrogens (tertiary/aromatic N) is 2. The molecule has 0 aliphatic carbocycles. The van der Waals surface area contributed by atoms with E-state index in [9.17, 15) is 9.59 Å². The van der Waals surface area contributed by atoms with Crippen molar-refractivity contribution in [3.05, 3.63) is 59.8 Å². The minimum absolute atomic E-state index is 0.0313. The number of aromatic nitrogens is 1. The molecule has 0 radical (unpaired) electrons. The van der Waals surface area contributed by atoms with Gasteiger partial charge in [0.05, 0.1) is 0 Å². The van der Waals surface area contributed by atoms with Crippen molar-refractivity contribution >= 4 is 11.8 Å². The second-order valence-corrected chi connectivity index (χ2v) is 6.77. The molecule has 2 heterocycles. The number of piperidine rings is 1. The number of amides is 2. The molecule has 2 aromatic rings. The quantitative estimate of drug-likeness (QED) is 0.852. The molecule has 0 spiro atoms. The van der Waals surface area contributed by atoms with Crippen molar-refractivity contribution in [3.8, 4) is 5.88 Å². The first-order valence-electron chi connectivity index (χ1n) is 9.26. The number of carbonyl (C=O) groups is 2. The Morgan fingerprint density at radius 2 is 1.89 bits per heavy atom. The molecule has 27 heavy (non-hydrogen) atoms. The molecule has 6 nitrogen and oxygen atoms in total. The summed E-state index contributed by atoms with van der Waals surface area (Å²) in [5, 5.41) is 2.99. The summed E-state index contributed by atoms with van der Waals surface area (Å²) in [7, 11) is 0. The summed E-state index contributed by atoms with van der Waals surface area (Å²) >= 11 is 0. The largest absolute Gasteiger partial charge is 0.473 e. The summed E-state index contributed by atoms with van der Waals surface area (Å²) in [4.78, 5) is 29.8. The van der Waals surface area contributed by atoms with Gasteiger partial charge in [-0.05, 0) is 30.0 Å². The third-order valence-corrected chi connectivity index (χ3v) is 4.81. The second kappa shape index (κ2) is 9.16. The van der Waals surface area contributed by atoms with Crippen LogP contribution < -0.4 is 10.1 Å². The van der Waals surface area contributed by atoms with Gasteiger partial charge in [-0.15, -0.1) is 0 Å². The average molecular weight is 367 g/mol. The van der Waals surface area contributed by atoms with E-state index >= 15 is 0 Å². The predicted molar refractivity (Wildman–Crippen MR) is 102 cm³/mol. The highest BCUT2D eigenvalue weighted by Gasteiger charge is 2.25. The summed E-state index contributed by atoms with van der Waals surface area (Å²) in [5.74, 6) is 0.632. The van der Waals surface area contributed by atoms with Crippen LogP contribution in [0.5, 0.6) is 5.88 Å². The third kappa shape index (κ3) is 5.54. The first-order valence-corrected chi connectivity index (χ1v) is 9.26. The lowest BCUT2D eigenvalue weighted by Crippen LogP contribution is -2.42. The van der Waals surface area contributed by atoms with E-state index < -0.39 is 0 Å². The van der Waals surface area contributed by atoms with Gasteiger partial charge in [-0.25, -0.2) is 4.98 Å². The lowest BCUT2D eigenvalue weighted by Gasteiger charge is -2.30. The Morgan fingerprint density at radius 3 is 2.59 bits per heavy atom. The van der Waals surface area contributed by atoms with Gasteiger partial charge in [-0.3, -0.25) is 9.59 Å². The molecule has 2 amide bonds. The monoisotopic (exact) mass is 367 g/mol. The van der Waals surface area contributed by atoms with Crippen LogP contribution in [0, 0.1) is 5.92 Å². The molecule has 1 aromatic carbocycles. The van der Waals surface area contributed by atoms with Gasteiger partial charge in [0.1, 0.15) is 6.61 Å². The topological polar surface area (TPSA) is 71.5 Å². The van der Waals surface area contributed by atoms with Crippen LogP contribution in [0.15, 0.2) is 48.7 Å². The van der Waals surface area contributed by atoms with E-state index in [2.05, 4.69) is 10.3 Å². The fourth-order valence-electron chi connectivity index (χ4n) is 3.16. The molecule has 3 rings (SSSR count). The van der Waals surface area contributed by atoms with Crippen LogP contribution in [0.3, 0.4) is 0 Å². The summed E-state index contributed by atoms with van der Waals surface area (Å²) in [6.45, 7) is 3.77. The lowest BCUT2D eigenvalue weighted by molar-refractivity contribution is -0.134. The van der Waals surface area contributed by atoms with Crippen molar-refractivity contribution in [2.24, 2.45) is 5.92 Å². The van der Waals surface area contributed by atoms with Gasteiger partial charge in [0.2, 0.25) is 17.7 Å². The number of pyridine rings is 1. The Labute approximate surface area is 159 Å². The molecule has 1 fully saturated rings. The summed E-state index contributed by atoms with van der Waals surface area (Å²) in [6, 6.07) is 13.6. The van der Waals surface area contributed by atoms with Gasteiger partial charge < -0.3 is 15.0 Å². The molecule has 0 bridgehead atoms. The van der Waals surface area contributed by atoms with E-state index in [-0.39, 0.29) is 17.7 Å². The fourth-order valence-corrected chi connectivity index (χ4v) is 3.16. The highest BCUT2D eigenvalue weighted by molar-refractivity contribution is 5.79. The minimum Gasteiger partial charge on any atom is -0.473 e. The Balaban J connectivity index is 1.47. The third-order valence-electron chi connectivity index (χ3n) is 4.81. The Morgan fingerprint density at radius 1 is 1.15 bits per heavy atom. The van der Waals surface area contributed by atoms with Gasteiger partial charge in [0.15, 0.2) is 0 Å². The minimum atomic E-state index is -0.0313. The normalized spacial score (nSPS) is 14.6. The molecule has 1 aromatic heterocycles. The van der Waals surface area contributed by atoms with Crippen LogP contribution in [-0.2, 0) is 22.7 Å². The Kier molecular flexibility index (Phi) is 6.41. The van der Waals surface area contributed by atoms with Gasteiger partial charge >= 0.3 is 0 Å². The number of hydrogen-bond acceptors (Lipinski definition) is 4. The maximum atomic E-state index is 12.4. The SMILES string of the molecule is CC(=O)N1CCC(C(=O)NCc2ccnc(OCc3ccccc3)c2)CC1. The van der Waals surface area contributed by atoms with Gasteiger partial charge in [-0.1, -0.05) is 30.3 Å². The molecule has 142 valence electrons. The zero-order valence-corrected chi connectivity index (χ0v) is 15.6. The highest BCUT2D eigenvalue weighted by atomic mass is 16.5. The summed E-state index contributed by atoms with van der Waals surface area (Å²) < 4.78 is 5.73. The lowest BCUT2D eigenvalue weighted by atomic mass is 9.96. The molecule has 6 heteroatoms. The number of carbonyl (C=O) groups excluding carboxylic acids is 2. The first kappa shape index (κ1) is 18.9. The molecule has 1 N–H and O–H groups in total. The number of rotatable bonds is 6. The molecule has 0 unspecified atom stereocenters.